The molecule has 0 spiro atoms. The monoisotopic (exact) mass is 296 g/mol. The fourth-order valence-corrected chi connectivity index (χ4v) is 3.41. The lowest BCUT2D eigenvalue weighted by Gasteiger charge is -2.41. The van der Waals surface area contributed by atoms with E-state index in [4.69, 9.17) is 0 Å². The standard InChI is InChI=1S/C13H20N4O4/c18-11-8-17(10(6-14-11)12(19)20)13(21)16-5-4-15-3-1-2-9(15)7-16/h9-10H,1-8H2,(H,14,18)(H,19,20). The van der Waals surface area contributed by atoms with E-state index in [1.165, 1.54) is 4.90 Å². The molecule has 3 saturated heterocycles. The minimum atomic E-state index is -1.08. The summed E-state index contributed by atoms with van der Waals surface area (Å²) < 4.78 is 0. The van der Waals surface area contributed by atoms with Gasteiger partial charge in [-0.25, -0.2) is 9.59 Å². The van der Waals surface area contributed by atoms with Gasteiger partial charge in [0, 0.05) is 32.2 Å². The molecule has 3 heterocycles. The van der Waals surface area contributed by atoms with Crippen molar-refractivity contribution >= 4 is 17.9 Å². The molecule has 21 heavy (non-hydrogen) atoms. The first-order valence-electron chi connectivity index (χ1n) is 7.35. The summed E-state index contributed by atoms with van der Waals surface area (Å²) >= 11 is 0. The molecule has 0 aromatic carbocycles. The number of carbonyl (C=O) groups is 3. The van der Waals surface area contributed by atoms with Crippen LogP contribution < -0.4 is 5.32 Å². The predicted octanol–water partition coefficient (Wildman–Crippen LogP) is -1.23. The fourth-order valence-electron chi connectivity index (χ4n) is 3.41. The van der Waals surface area contributed by atoms with Gasteiger partial charge in [-0.15, -0.1) is 0 Å². The van der Waals surface area contributed by atoms with Crippen molar-refractivity contribution in [1.82, 2.24) is 20.0 Å². The average molecular weight is 296 g/mol. The summed E-state index contributed by atoms with van der Waals surface area (Å²) in [5.41, 5.74) is 0. The second kappa shape index (κ2) is 5.51. The molecule has 2 N–H and O–H groups in total. The summed E-state index contributed by atoms with van der Waals surface area (Å²) in [4.78, 5) is 40.6. The molecule has 0 saturated carbocycles. The van der Waals surface area contributed by atoms with Gasteiger partial charge >= 0.3 is 12.0 Å². The number of rotatable bonds is 1. The van der Waals surface area contributed by atoms with Crippen molar-refractivity contribution < 1.29 is 19.5 Å². The van der Waals surface area contributed by atoms with Crippen LogP contribution in [-0.2, 0) is 9.59 Å². The Morgan fingerprint density at radius 1 is 1.24 bits per heavy atom. The molecule has 3 aliphatic rings. The van der Waals surface area contributed by atoms with Crippen LogP contribution >= 0.6 is 0 Å². The van der Waals surface area contributed by atoms with Gasteiger partial charge in [-0.2, -0.15) is 0 Å². The molecule has 3 rings (SSSR count). The number of carboxylic acid groups (broad SMARTS) is 1. The lowest BCUT2D eigenvalue weighted by Crippen LogP contribution is -2.64. The number of urea groups is 1. The third-order valence-corrected chi connectivity index (χ3v) is 4.57. The van der Waals surface area contributed by atoms with Gasteiger partial charge in [-0.05, 0) is 19.4 Å². The third-order valence-electron chi connectivity index (χ3n) is 4.57. The number of hydrogen-bond donors (Lipinski definition) is 2. The van der Waals surface area contributed by atoms with E-state index >= 15 is 0 Å². The van der Waals surface area contributed by atoms with Gasteiger partial charge in [-0.3, -0.25) is 14.6 Å². The summed E-state index contributed by atoms with van der Waals surface area (Å²) in [6.07, 6.45) is 2.23. The summed E-state index contributed by atoms with van der Waals surface area (Å²) in [5.74, 6) is -1.39. The van der Waals surface area contributed by atoms with Gasteiger partial charge < -0.3 is 15.3 Å². The average Bonchev–Trinajstić information content (AvgIpc) is 2.93. The van der Waals surface area contributed by atoms with E-state index in [0.717, 1.165) is 25.9 Å². The highest BCUT2D eigenvalue weighted by Crippen LogP contribution is 2.22. The smallest absolute Gasteiger partial charge is 0.328 e. The summed E-state index contributed by atoms with van der Waals surface area (Å²) in [7, 11) is 0. The Morgan fingerprint density at radius 3 is 2.81 bits per heavy atom. The second-order valence-corrected chi connectivity index (χ2v) is 5.85. The lowest BCUT2D eigenvalue weighted by molar-refractivity contribution is -0.144. The molecule has 3 amide bonds. The Kier molecular flexibility index (Phi) is 3.71. The first-order chi connectivity index (χ1) is 10.1. The van der Waals surface area contributed by atoms with Crippen LogP contribution in [0.2, 0.25) is 0 Å². The topological polar surface area (TPSA) is 93.2 Å². The number of hydrogen-bond acceptors (Lipinski definition) is 4. The number of fused-ring (bicyclic) bond motifs is 1. The zero-order chi connectivity index (χ0) is 15.0. The number of nitrogens with one attached hydrogen (secondary N) is 1. The van der Waals surface area contributed by atoms with E-state index in [0.29, 0.717) is 19.1 Å². The van der Waals surface area contributed by atoms with Crippen molar-refractivity contribution in [2.24, 2.45) is 0 Å². The highest BCUT2D eigenvalue weighted by Gasteiger charge is 2.40. The van der Waals surface area contributed by atoms with E-state index in [1.807, 2.05) is 0 Å². The van der Waals surface area contributed by atoms with Crippen LogP contribution in [0, 0.1) is 0 Å². The van der Waals surface area contributed by atoms with Crippen molar-refractivity contribution in [3.63, 3.8) is 0 Å². The summed E-state index contributed by atoms with van der Waals surface area (Å²) in [6.45, 7) is 2.93. The molecule has 2 unspecified atom stereocenters. The Hall–Kier alpha value is -1.83. The molecule has 3 fully saturated rings. The zero-order valence-electron chi connectivity index (χ0n) is 11.8. The minimum absolute atomic E-state index is 0.0245. The maximum absolute atomic E-state index is 12.6. The fraction of sp³-hybridized carbons (Fsp3) is 0.769. The molecular formula is C13H20N4O4. The first-order valence-corrected chi connectivity index (χ1v) is 7.35. The van der Waals surface area contributed by atoms with Crippen LogP contribution in [0.3, 0.4) is 0 Å². The summed E-state index contributed by atoms with van der Waals surface area (Å²) in [5, 5.41) is 11.7. The maximum atomic E-state index is 12.6. The molecule has 8 heteroatoms. The highest BCUT2D eigenvalue weighted by molar-refractivity contribution is 5.90. The van der Waals surface area contributed by atoms with Crippen LogP contribution in [-0.4, -0.2) is 89.1 Å². The van der Waals surface area contributed by atoms with Gasteiger partial charge in [0.05, 0.1) is 0 Å². The number of piperazine rings is 2. The molecule has 3 aliphatic heterocycles. The Morgan fingerprint density at radius 2 is 2.05 bits per heavy atom. The zero-order valence-corrected chi connectivity index (χ0v) is 11.8. The van der Waals surface area contributed by atoms with E-state index < -0.39 is 12.0 Å². The second-order valence-electron chi connectivity index (χ2n) is 5.85. The molecule has 0 bridgehead atoms. The Bertz CT molecular complexity index is 469. The number of aliphatic carboxylic acids is 1. The maximum Gasteiger partial charge on any atom is 0.328 e. The largest absolute Gasteiger partial charge is 0.480 e. The van der Waals surface area contributed by atoms with Crippen LogP contribution in [0.5, 0.6) is 0 Å². The third kappa shape index (κ3) is 2.67. The van der Waals surface area contributed by atoms with Crippen LogP contribution in [0.15, 0.2) is 0 Å². The molecule has 116 valence electrons. The molecule has 0 aromatic heterocycles. The molecular weight excluding hydrogens is 276 g/mol. The molecule has 0 aromatic rings. The molecule has 0 aliphatic carbocycles. The number of carbonyl (C=O) groups excluding carboxylic acids is 2. The molecule has 8 nitrogen and oxygen atoms in total. The van der Waals surface area contributed by atoms with Crippen LogP contribution in [0.25, 0.3) is 0 Å². The molecule has 2 atom stereocenters. The highest BCUT2D eigenvalue weighted by atomic mass is 16.4. The van der Waals surface area contributed by atoms with Gasteiger partial charge in [-0.1, -0.05) is 0 Å². The van der Waals surface area contributed by atoms with Crippen molar-refractivity contribution in [1.29, 1.82) is 0 Å². The van der Waals surface area contributed by atoms with Gasteiger partial charge in [0.25, 0.3) is 0 Å². The number of nitrogens with zero attached hydrogens (tertiary/aromatic N) is 3. The van der Waals surface area contributed by atoms with Crippen molar-refractivity contribution in [2.75, 3.05) is 39.3 Å². The summed E-state index contributed by atoms with van der Waals surface area (Å²) in [6, 6.07) is -0.926. The van der Waals surface area contributed by atoms with E-state index in [1.54, 1.807) is 4.90 Å². The van der Waals surface area contributed by atoms with Gasteiger partial charge in [0.1, 0.15) is 12.6 Å². The minimum Gasteiger partial charge on any atom is -0.480 e. The van der Waals surface area contributed by atoms with E-state index in [9.17, 15) is 19.5 Å². The Labute approximate surface area is 122 Å². The lowest BCUT2D eigenvalue weighted by atomic mass is 10.1. The SMILES string of the molecule is O=C1CN(C(=O)N2CCN3CCCC3C2)C(C(=O)O)CN1. The van der Waals surface area contributed by atoms with E-state index in [-0.39, 0.29) is 25.0 Å². The predicted molar refractivity (Wildman–Crippen MR) is 72.7 cm³/mol. The van der Waals surface area contributed by atoms with Crippen LogP contribution in [0.1, 0.15) is 12.8 Å². The van der Waals surface area contributed by atoms with E-state index in [2.05, 4.69) is 10.2 Å². The van der Waals surface area contributed by atoms with Crippen molar-refractivity contribution in [2.45, 2.75) is 24.9 Å². The van der Waals surface area contributed by atoms with Gasteiger partial charge in [0.15, 0.2) is 0 Å². The quantitative estimate of drug-likeness (QED) is 0.632. The Balaban J connectivity index is 1.70. The number of amides is 3. The first kappa shape index (κ1) is 14.1. The van der Waals surface area contributed by atoms with Gasteiger partial charge in [0.2, 0.25) is 5.91 Å². The van der Waals surface area contributed by atoms with Crippen LogP contribution in [0.4, 0.5) is 4.79 Å². The molecule has 0 radical (unpaired) electrons. The number of carboxylic acids is 1. The normalized spacial score (nSPS) is 30.0. The van der Waals surface area contributed by atoms with Crippen molar-refractivity contribution in [3.05, 3.63) is 0 Å². The van der Waals surface area contributed by atoms with Crippen molar-refractivity contribution in [3.8, 4) is 0 Å².